The highest BCUT2D eigenvalue weighted by Crippen LogP contribution is 2.22. The third-order valence-electron chi connectivity index (χ3n) is 3.20. The number of nitro benzene ring substituents is 1. The summed E-state index contributed by atoms with van der Waals surface area (Å²) in [6.07, 6.45) is 6.41. The zero-order valence-corrected chi connectivity index (χ0v) is 13.4. The van der Waals surface area contributed by atoms with Crippen LogP contribution in [0.1, 0.15) is 21.5 Å². The summed E-state index contributed by atoms with van der Waals surface area (Å²) in [5.74, 6) is 2.25. The summed E-state index contributed by atoms with van der Waals surface area (Å²) in [5.41, 5.74) is 4.05. The van der Waals surface area contributed by atoms with Crippen molar-refractivity contribution < 1.29 is 14.5 Å². The van der Waals surface area contributed by atoms with E-state index in [0.717, 1.165) is 5.56 Å². The van der Waals surface area contributed by atoms with Gasteiger partial charge in [0.15, 0.2) is 0 Å². The molecule has 0 saturated heterocycles. The van der Waals surface area contributed by atoms with E-state index in [1.54, 1.807) is 12.1 Å². The van der Waals surface area contributed by atoms with E-state index in [1.807, 2.05) is 19.1 Å². The molecule has 0 aliphatic rings. The summed E-state index contributed by atoms with van der Waals surface area (Å²) in [6, 6.07) is 11.0. The third-order valence-corrected chi connectivity index (χ3v) is 3.20. The monoisotopic (exact) mass is 337 g/mol. The second kappa shape index (κ2) is 8.26. The first-order chi connectivity index (χ1) is 12.0. The quantitative estimate of drug-likeness (QED) is 0.379. The minimum Gasteiger partial charge on any atom is -0.480 e. The van der Waals surface area contributed by atoms with Crippen molar-refractivity contribution in [2.75, 3.05) is 6.61 Å². The molecule has 0 spiro atoms. The van der Waals surface area contributed by atoms with Gasteiger partial charge in [0.2, 0.25) is 0 Å². The van der Waals surface area contributed by atoms with E-state index in [1.165, 1.54) is 24.4 Å². The summed E-state index contributed by atoms with van der Waals surface area (Å²) < 4.78 is 5.31. The lowest BCUT2D eigenvalue weighted by Crippen LogP contribution is -2.17. The lowest BCUT2D eigenvalue weighted by atomic mass is 10.1. The lowest BCUT2D eigenvalue weighted by molar-refractivity contribution is -0.384. The van der Waals surface area contributed by atoms with Gasteiger partial charge in [-0.2, -0.15) is 5.10 Å². The maximum absolute atomic E-state index is 12.0. The minimum atomic E-state index is -0.535. The summed E-state index contributed by atoms with van der Waals surface area (Å²) in [5, 5.41) is 14.7. The Labute approximate surface area is 144 Å². The largest absolute Gasteiger partial charge is 0.480 e. The molecule has 2 aromatic rings. The molecule has 0 heterocycles. The molecule has 2 aromatic carbocycles. The zero-order valence-electron chi connectivity index (χ0n) is 13.4. The normalized spacial score (nSPS) is 10.2. The summed E-state index contributed by atoms with van der Waals surface area (Å²) in [6.45, 7) is 1.92. The second-order valence-corrected chi connectivity index (χ2v) is 5.04. The summed E-state index contributed by atoms with van der Waals surface area (Å²) in [7, 11) is 0. The number of non-ortho nitro benzene ring substituents is 1. The van der Waals surface area contributed by atoms with Crippen molar-refractivity contribution in [2.24, 2.45) is 5.10 Å². The van der Waals surface area contributed by atoms with Crippen LogP contribution in [0.5, 0.6) is 5.75 Å². The van der Waals surface area contributed by atoms with Crippen molar-refractivity contribution >= 4 is 17.8 Å². The number of rotatable bonds is 6. The van der Waals surface area contributed by atoms with E-state index in [-0.39, 0.29) is 12.3 Å². The molecule has 0 aliphatic carbocycles. The number of nitrogens with one attached hydrogen (secondary N) is 1. The molecule has 0 saturated carbocycles. The molecule has 25 heavy (non-hydrogen) atoms. The van der Waals surface area contributed by atoms with Crippen molar-refractivity contribution in [2.45, 2.75) is 6.92 Å². The molecule has 126 valence electrons. The molecule has 7 nitrogen and oxygen atoms in total. The molecule has 0 radical (unpaired) electrons. The number of aryl methyl sites for hydroxylation is 1. The van der Waals surface area contributed by atoms with Gasteiger partial charge in [0.25, 0.3) is 11.6 Å². The Hall–Kier alpha value is -3.66. The van der Waals surface area contributed by atoms with Crippen molar-refractivity contribution in [3.63, 3.8) is 0 Å². The summed E-state index contributed by atoms with van der Waals surface area (Å²) >= 11 is 0. The molecule has 0 atom stereocenters. The van der Waals surface area contributed by atoms with E-state index < -0.39 is 10.8 Å². The van der Waals surface area contributed by atoms with E-state index in [4.69, 9.17) is 11.2 Å². The number of hydrogen-bond donors (Lipinski definition) is 1. The van der Waals surface area contributed by atoms with Crippen LogP contribution in [-0.4, -0.2) is 23.7 Å². The number of hydrazone groups is 1. The Kier molecular flexibility index (Phi) is 5.85. The van der Waals surface area contributed by atoms with Crippen LogP contribution in [0.3, 0.4) is 0 Å². The Morgan fingerprint density at radius 3 is 2.72 bits per heavy atom. The third kappa shape index (κ3) is 4.91. The van der Waals surface area contributed by atoms with Gasteiger partial charge in [-0.1, -0.05) is 23.6 Å². The van der Waals surface area contributed by atoms with Gasteiger partial charge in [-0.3, -0.25) is 14.9 Å². The Morgan fingerprint density at radius 2 is 2.08 bits per heavy atom. The van der Waals surface area contributed by atoms with Gasteiger partial charge >= 0.3 is 0 Å². The van der Waals surface area contributed by atoms with Crippen molar-refractivity contribution in [1.82, 2.24) is 5.43 Å². The SMILES string of the molecule is C#CCOc1ccc([N+](=O)[O-])cc1/C=N\NC(=O)c1ccc(C)cc1. The molecule has 7 heteroatoms. The van der Waals surface area contributed by atoms with Crippen LogP contribution in [0.2, 0.25) is 0 Å². The van der Waals surface area contributed by atoms with Crippen molar-refractivity contribution in [3.05, 3.63) is 69.3 Å². The maximum Gasteiger partial charge on any atom is 0.271 e. The fourth-order valence-corrected chi connectivity index (χ4v) is 1.93. The molecular weight excluding hydrogens is 322 g/mol. The number of nitro groups is 1. The van der Waals surface area contributed by atoms with Crippen molar-refractivity contribution in [3.8, 4) is 18.1 Å². The standard InChI is InChI=1S/C18H15N3O4/c1-3-10-25-17-9-8-16(21(23)24)11-15(17)12-19-20-18(22)14-6-4-13(2)5-7-14/h1,4-9,11-12H,10H2,2H3,(H,20,22)/b19-12-. The van der Waals surface area contributed by atoms with E-state index in [9.17, 15) is 14.9 Å². The fourth-order valence-electron chi connectivity index (χ4n) is 1.93. The molecule has 0 aliphatic heterocycles. The highest BCUT2D eigenvalue weighted by molar-refractivity contribution is 5.95. The molecule has 0 bridgehead atoms. The zero-order chi connectivity index (χ0) is 18.2. The van der Waals surface area contributed by atoms with Crippen LogP contribution in [0, 0.1) is 29.4 Å². The highest BCUT2D eigenvalue weighted by Gasteiger charge is 2.11. The van der Waals surface area contributed by atoms with Crippen LogP contribution >= 0.6 is 0 Å². The minimum absolute atomic E-state index is 0.00831. The van der Waals surface area contributed by atoms with Gasteiger partial charge in [-0.15, -0.1) is 6.42 Å². The second-order valence-electron chi connectivity index (χ2n) is 5.04. The molecule has 0 unspecified atom stereocenters. The topological polar surface area (TPSA) is 93.8 Å². The first-order valence-corrected chi connectivity index (χ1v) is 7.26. The van der Waals surface area contributed by atoms with E-state index in [0.29, 0.717) is 16.9 Å². The maximum atomic E-state index is 12.0. The van der Waals surface area contributed by atoms with Gasteiger partial charge < -0.3 is 4.74 Å². The molecule has 0 aromatic heterocycles. The van der Waals surface area contributed by atoms with E-state index in [2.05, 4.69) is 16.4 Å². The number of amides is 1. The van der Waals surface area contributed by atoms with Crippen LogP contribution in [0.25, 0.3) is 0 Å². The van der Waals surface area contributed by atoms with Crippen LogP contribution in [-0.2, 0) is 0 Å². The first kappa shape index (κ1) is 17.7. The van der Waals surface area contributed by atoms with Gasteiger partial charge in [-0.25, -0.2) is 5.43 Å². The first-order valence-electron chi connectivity index (χ1n) is 7.26. The van der Waals surface area contributed by atoms with E-state index >= 15 is 0 Å². The van der Waals surface area contributed by atoms with Crippen LogP contribution < -0.4 is 10.2 Å². The number of carbonyl (C=O) groups is 1. The fraction of sp³-hybridized carbons (Fsp3) is 0.111. The molecular formula is C18H15N3O4. The molecule has 1 N–H and O–H groups in total. The van der Waals surface area contributed by atoms with Crippen molar-refractivity contribution in [1.29, 1.82) is 0 Å². The average Bonchev–Trinajstić information content (AvgIpc) is 2.60. The predicted molar refractivity (Wildman–Crippen MR) is 93.7 cm³/mol. The predicted octanol–water partition coefficient (Wildman–Crippen LogP) is 2.68. The number of nitrogens with zero attached hydrogens (tertiary/aromatic N) is 2. The average molecular weight is 337 g/mol. The van der Waals surface area contributed by atoms with Gasteiger partial charge in [-0.05, 0) is 25.1 Å². The number of carbonyl (C=O) groups excluding carboxylic acids is 1. The Bertz CT molecular complexity index is 852. The molecule has 0 fully saturated rings. The Balaban J connectivity index is 2.16. The summed E-state index contributed by atoms with van der Waals surface area (Å²) in [4.78, 5) is 22.3. The number of hydrogen-bond acceptors (Lipinski definition) is 5. The van der Waals surface area contributed by atoms with Crippen LogP contribution in [0.4, 0.5) is 5.69 Å². The van der Waals surface area contributed by atoms with Gasteiger partial charge in [0.05, 0.1) is 11.1 Å². The van der Waals surface area contributed by atoms with Gasteiger partial charge in [0, 0.05) is 23.3 Å². The number of terminal acetylenes is 1. The number of ether oxygens (including phenoxy) is 1. The molecule has 2 rings (SSSR count). The lowest BCUT2D eigenvalue weighted by Gasteiger charge is -2.06. The highest BCUT2D eigenvalue weighted by atomic mass is 16.6. The molecule has 1 amide bonds. The Morgan fingerprint density at radius 1 is 1.36 bits per heavy atom. The van der Waals surface area contributed by atoms with Crippen LogP contribution in [0.15, 0.2) is 47.6 Å². The number of benzene rings is 2. The smallest absolute Gasteiger partial charge is 0.271 e. The van der Waals surface area contributed by atoms with Gasteiger partial charge in [0.1, 0.15) is 12.4 Å².